The molecule has 3 aliphatic rings. The number of hydrogen-bond donors (Lipinski definition) is 0. The van der Waals surface area contributed by atoms with Crippen LogP contribution in [-0.2, 0) is 25.8 Å². The number of nitrogens with zero attached hydrogens (tertiary/aromatic N) is 2. The van der Waals surface area contributed by atoms with Crippen LogP contribution in [0.1, 0.15) is 35.2 Å². The molecule has 0 bridgehead atoms. The zero-order chi connectivity index (χ0) is 16.4. The number of rotatable bonds is 2. The topological polar surface area (TPSA) is 8.17 Å². The Morgan fingerprint density at radius 2 is 1.69 bits per heavy atom. The van der Waals surface area contributed by atoms with Gasteiger partial charge >= 0.3 is 0 Å². The molecular formula is C23H25ClN2. The molecule has 3 heteroatoms. The summed E-state index contributed by atoms with van der Waals surface area (Å²) in [6.45, 7) is 3.67. The fourth-order valence-corrected chi connectivity index (χ4v) is 5.03. The third-order valence-electron chi connectivity index (χ3n) is 6.44. The molecule has 1 aromatic heterocycles. The maximum absolute atomic E-state index is 2.70. The molecule has 0 saturated heterocycles. The molecule has 0 atom stereocenters. The van der Waals surface area contributed by atoms with Crippen molar-refractivity contribution in [3.63, 3.8) is 0 Å². The van der Waals surface area contributed by atoms with Crippen molar-refractivity contribution >= 4 is 23.3 Å². The number of aromatic nitrogens is 1. The third-order valence-corrected chi connectivity index (χ3v) is 6.44. The molecular weight excluding hydrogens is 340 g/mol. The van der Waals surface area contributed by atoms with Gasteiger partial charge in [-0.1, -0.05) is 36.4 Å². The van der Waals surface area contributed by atoms with E-state index in [2.05, 4.69) is 51.9 Å². The Balaban J connectivity index is 0.00000150. The summed E-state index contributed by atoms with van der Waals surface area (Å²) in [5, 5.41) is 1.50. The van der Waals surface area contributed by atoms with E-state index in [0.717, 1.165) is 25.3 Å². The Kier molecular flexibility index (Phi) is 3.88. The summed E-state index contributed by atoms with van der Waals surface area (Å²) in [7, 11) is 0. The largest absolute Gasteiger partial charge is 0.313 e. The van der Waals surface area contributed by atoms with E-state index < -0.39 is 0 Å². The van der Waals surface area contributed by atoms with E-state index in [1.54, 1.807) is 11.3 Å². The van der Waals surface area contributed by atoms with Crippen molar-refractivity contribution in [2.75, 3.05) is 13.1 Å². The number of hydrogen-bond acceptors (Lipinski definition) is 1. The first-order chi connectivity index (χ1) is 12.4. The van der Waals surface area contributed by atoms with E-state index in [4.69, 9.17) is 0 Å². The van der Waals surface area contributed by atoms with Crippen molar-refractivity contribution in [1.29, 1.82) is 0 Å². The number of fused-ring (bicyclic) bond motifs is 5. The number of benzene rings is 2. The van der Waals surface area contributed by atoms with Crippen LogP contribution in [0.3, 0.4) is 0 Å². The van der Waals surface area contributed by atoms with E-state index in [1.807, 2.05) is 0 Å². The summed E-state index contributed by atoms with van der Waals surface area (Å²) >= 11 is 0. The lowest BCUT2D eigenvalue weighted by atomic mass is 9.99. The standard InChI is InChI=1S/C23H24N2.ClH/c1-2-7-21-17(4-1)10-11-18-5-3-6-19-20-15-24(14-16-8-9-16)13-12-22(20)25(21)23(18)19;/h1-7,16H,8-15H2;1H. The Hall–Kier alpha value is -1.77. The van der Waals surface area contributed by atoms with E-state index in [1.165, 1.54) is 60.1 Å². The molecule has 0 unspecified atom stereocenters. The fourth-order valence-electron chi connectivity index (χ4n) is 5.03. The molecule has 3 heterocycles. The van der Waals surface area contributed by atoms with Gasteiger partial charge in [0, 0.05) is 42.8 Å². The summed E-state index contributed by atoms with van der Waals surface area (Å²) in [5.41, 5.74) is 9.11. The molecule has 2 aliphatic heterocycles. The molecule has 3 aromatic rings. The normalized spacial score (nSPS) is 18.8. The van der Waals surface area contributed by atoms with Gasteiger partial charge in [-0.05, 0) is 54.4 Å². The highest BCUT2D eigenvalue weighted by molar-refractivity contribution is 5.91. The molecule has 0 amide bonds. The Bertz CT molecular complexity index is 983. The van der Waals surface area contributed by atoms with Gasteiger partial charge in [0.05, 0.1) is 5.52 Å². The van der Waals surface area contributed by atoms with Gasteiger partial charge in [0.25, 0.3) is 0 Å². The zero-order valence-corrected chi connectivity index (χ0v) is 15.9. The van der Waals surface area contributed by atoms with Crippen LogP contribution < -0.4 is 0 Å². The molecule has 2 nitrogen and oxygen atoms in total. The van der Waals surface area contributed by atoms with Crippen LogP contribution in [0.15, 0.2) is 42.5 Å². The minimum Gasteiger partial charge on any atom is -0.313 e. The summed E-state index contributed by atoms with van der Waals surface area (Å²) in [4.78, 5) is 2.70. The molecule has 1 fully saturated rings. The molecule has 0 radical (unpaired) electrons. The van der Waals surface area contributed by atoms with Crippen LogP contribution in [0.2, 0.25) is 0 Å². The van der Waals surface area contributed by atoms with Crippen molar-refractivity contribution in [2.45, 2.75) is 38.6 Å². The number of para-hydroxylation sites is 2. The monoisotopic (exact) mass is 364 g/mol. The highest BCUT2D eigenvalue weighted by atomic mass is 35.5. The van der Waals surface area contributed by atoms with Crippen molar-refractivity contribution < 1.29 is 0 Å². The molecule has 134 valence electrons. The second-order valence-electron chi connectivity index (χ2n) is 8.13. The van der Waals surface area contributed by atoms with Gasteiger partial charge < -0.3 is 4.57 Å². The minimum atomic E-state index is 0. The van der Waals surface area contributed by atoms with Crippen LogP contribution in [0.5, 0.6) is 0 Å². The zero-order valence-electron chi connectivity index (χ0n) is 15.1. The molecule has 26 heavy (non-hydrogen) atoms. The van der Waals surface area contributed by atoms with Crippen molar-refractivity contribution in [3.8, 4) is 5.69 Å². The van der Waals surface area contributed by atoms with Gasteiger partial charge in [0.2, 0.25) is 0 Å². The maximum Gasteiger partial charge on any atom is 0.0567 e. The van der Waals surface area contributed by atoms with Crippen LogP contribution in [0, 0.1) is 5.92 Å². The van der Waals surface area contributed by atoms with E-state index in [0.29, 0.717) is 0 Å². The SMILES string of the molecule is Cl.c1ccc2c(c1)CCc1cccc3c4c(n-2c13)CCN(CC1CC1)C4. The van der Waals surface area contributed by atoms with Gasteiger partial charge in [-0.2, -0.15) is 0 Å². The smallest absolute Gasteiger partial charge is 0.0567 e. The highest BCUT2D eigenvalue weighted by Crippen LogP contribution is 2.39. The van der Waals surface area contributed by atoms with Gasteiger partial charge in [0.1, 0.15) is 0 Å². The predicted octanol–water partition coefficient (Wildman–Crippen LogP) is 4.92. The molecule has 2 aromatic carbocycles. The lowest BCUT2D eigenvalue weighted by molar-refractivity contribution is 0.243. The summed E-state index contributed by atoms with van der Waals surface area (Å²) in [5.74, 6) is 0.977. The molecule has 6 rings (SSSR count). The summed E-state index contributed by atoms with van der Waals surface area (Å²) in [6.07, 6.45) is 6.39. The molecule has 1 saturated carbocycles. The fraction of sp³-hybridized carbons (Fsp3) is 0.391. The molecule has 1 aliphatic carbocycles. The lowest BCUT2D eigenvalue weighted by Crippen LogP contribution is -2.32. The Labute approximate surface area is 161 Å². The second-order valence-corrected chi connectivity index (χ2v) is 8.13. The second kappa shape index (κ2) is 6.14. The van der Waals surface area contributed by atoms with Crippen molar-refractivity contribution in [3.05, 3.63) is 64.8 Å². The first-order valence-electron chi connectivity index (χ1n) is 9.83. The van der Waals surface area contributed by atoms with E-state index in [9.17, 15) is 0 Å². The van der Waals surface area contributed by atoms with Crippen molar-refractivity contribution in [1.82, 2.24) is 9.47 Å². The van der Waals surface area contributed by atoms with Gasteiger partial charge in [0.15, 0.2) is 0 Å². The van der Waals surface area contributed by atoms with Crippen LogP contribution in [0.25, 0.3) is 16.6 Å². The van der Waals surface area contributed by atoms with Crippen molar-refractivity contribution in [2.24, 2.45) is 5.92 Å². The van der Waals surface area contributed by atoms with Crippen LogP contribution in [0.4, 0.5) is 0 Å². The van der Waals surface area contributed by atoms with E-state index >= 15 is 0 Å². The first-order valence-corrected chi connectivity index (χ1v) is 9.83. The maximum atomic E-state index is 2.70. The van der Waals surface area contributed by atoms with Crippen LogP contribution in [-0.4, -0.2) is 22.6 Å². The minimum absolute atomic E-state index is 0. The first kappa shape index (κ1) is 16.4. The van der Waals surface area contributed by atoms with Gasteiger partial charge in [-0.3, -0.25) is 4.90 Å². The Morgan fingerprint density at radius 3 is 2.58 bits per heavy atom. The van der Waals surface area contributed by atoms with Gasteiger partial charge in [-0.15, -0.1) is 12.4 Å². The summed E-state index contributed by atoms with van der Waals surface area (Å²) < 4.78 is 2.62. The number of halogens is 1. The number of aryl methyl sites for hydroxylation is 2. The molecule has 0 N–H and O–H groups in total. The molecule has 0 spiro atoms. The van der Waals surface area contributed by atoms with Crippen LogP contribution >= 0.6 is 12.4 Å². The lowest BCUT2D eigenvalue weighted by Gasteiger charge is -2.28. The third kappa shape index (κ3) is 2.43. The quantitative estimate of drug-likeness (QED) is 0.626. The average Bonchev–Trinajstić information content (AvgIpc) is 3.42. The predicted molar refractivity (Wildman–Crippen MR) is 110 cm³/mol. The Morgan fingerprint density at radius 1 is 0.885 bits per heavy atom. The van der Waals surface area contributed by atoms with E-state index in [-0.39, 0.29) is 12.4 Å². The average molecular weight is 365 g/mol. The van der Waals surface area contributed by atoms with Gasteiger partial charge in [-0.25, -0.2) is 0 Å². The summed E-state index contributed by atoms with van der Waals surface area (Å²) in [6, 6.07) is 16.0. The highest BCUT2D eigenvalue weighted by Gasteiger charge is 2.30.